The lowest BCUT2D eigenvalue weighted by atomic mass is 10.1. The summed E-state index contributed by atoms with van der Waals surface area (Å²) in [7, 11) is 0. The molecule has 8 heteroatoms. The van der Waals surface area contributed by atoms with E-state index >= 15 is 0 Å². The van der Waals surface area contributed by atoms with Crippen LogP contribution in [-0.2, 0) is 6.54 Å². The third kappa shape index (κ3) is 3.18. The first-order chi connectivity index (χ1) is 11.1. The lowest BCUT2D eigenvalue weighted by Gasteiger charge is -2.10. The van der Waals surface area contributed by atoms with Gasteiger partial charge in [0.2, 0.25) is 0 Å². The molecule has 0 bridgehead atoms. The molecule has 6 nitrogen and oxygen atoms in total. The molecule has 3 heterocycles. The molecule has 0 aromatic carbocycles. The number of thiol groups is 2. The van der Waals surface area contributed by atoms with E-state index in [0.717, 1.165) is 15.7 Å². The minimum Gasteiger partial charge on any atom is -0.291 e. The van der Waals surface area contributed by atoms with E-state index in [9.17, 15) is 9.59 Å². The molecule has 3 rings (SSSR count). The molecule has 0 saturated carbocycles. The smallest absolute Gasteiger partial charge is 0.291 e. The molecular weight excluding hydrogens is 332 g/mol. The van der Waals surface area contributed by atoms with E-state index in [4.69, 9.17) is 0 Å². The predicted octanol–water partition coefficient (Wildman–Crippen LogP) is 1.37. The van der Waals surface area contributed by atoms with Gasteiger partial charge < -0.3 is 0 Å². The normalized spacial score (nSPS) is 12.4. The van der Waals surface area contributed by atoms with Crippen LogP contribution in [0.4, 0.5) is 0 Å². The maximum atomic E-state index is 12.6. The van der Waals surface area contributed by atoms with E-state index in [-0.39, 0.29) is 23.0 Å². The molecule has 0 spiro atoms. The molecule has 0 aliphatic rings. The van der Waals surface area contributed by atoms with Gasteiger partial charge in [-0.05, 0) is 23.8 Å². The Hall–Kier alpha value is -2.06. The zero-order valence-electron chi connectivity index (χ0n) is 12.0. The summed E-state index contributed by atoms with van der Waals surface area (Å²) in [6.07, 6.45) is 4.96. The molecule has 3 aromatic heterocycles. The highest BCUT2D eigenvalue weighted by molar-refractivity contribution is 7.84. The quantitative estimate of drug-likeness (QED) is 0.624. The molecule has 0 fully saturated rings. The average molecular weight is 346 g/mol. The molecular formula is C15H14N4O2S2. The molecule has 0 amide bonds. The molecule has 0 unspecified atom stereocenters. The number of pyridine rings is 2. The van der Waals surface area contributed by atoms with Crippen LogP contribution in [0.3, 0.4) is 0 Å². The van der Waals surface area contributed by atoms with Crippen molar-refractivity contribution < 1.29 is 0 Å². The van der Waals surface area contributed by atoms with Crippen molar-refractivity contribution >= 4 is 36.3 Å². The Kier molecular flexibility index (Phi) is 4.53. The lowest BCUT2D eigenvalue weighted by molar-refractivity contribution is 0.638. The Morgan fingerprint density at radius 2 is 1.96 bits per heavy atom. The van der Waals surface area contributed by atoms with Crippen LogP contribution in [0.5, 0.6) is 0 Å². The topological polar surface area (TPSA) is 80.6 Å². The van der Waals surface area contributed by atoms with Crippen molar-refractivity contribution in [2.75, 3.05) is 5.75 Å². The molecule has 0 aliphatic heterocycles. The fraction of sp³-hybridized carbons (Fsp3) is 0.200. The van der Waals surface area contributed by atoms with Crippen LogP contribution < -0.4 is 11.2 Å². The van der Waals surface area contributed by atoms with Gasteiger partial charge in [0.25, 0.3) is 5.56 Å². The first kappa shape index (κ1) is 15.8. The van der Waals surface area contributed by atoms with Crippen molar-refractivity contribution in [1.29, 1.82) is 0 Å². The summed E-state index contributed by atoms with van der Waals surface area (Å²) in [5.41, 5.74) is 1.08. The maximum absolute atomic E-state index is 12.6. The Bertz CT molecular complexity index is 953. The van der Waals surface area contributed by atoms with E-state index in [1.807, 2.05) is 12.1 Å². The van der Waals surface area contributed by atoms with Gasteiger partial charge in [0, 0.05) is 41.7 Å². The summed E-state index contributed by atoms with van der Waals surface area (Å²) < 4.78 is 1.13. The molecule has 0 radical (unpaired) electrons. The molecule has 1 N–H and O–H groups in total. The summed E-state index contributed by atoms with van der Waals surface area (Å²) in [6.45, 7) is 0.191. The third-order valence-electron chi connectivity index (χ3n) is 3.45. The molecule has 0 aliphatic carbocycles. The van der Waals surface area contributed by atoms with Crippen LogP contribution in [0.25, 0.3) is 22.2 Å². The summed E-state index contributed by atoms with van der Waals surface area (Å²) in [6, 6.07) is 5.39. The van der Waals surface area contributed by atoms with Gasteiger partial charge in [-0.25, -0.2) is 9.78 Å². The number of nitrogens with one attached hydrogen (secondary N) is 1. The number of rotatable bonds is 4. The van der Waals surface area contributed by atoms with Gasteiger partial charge in [0.05, 0.1) is 5.39 Å². The van der Waals surface area contributed by atoms with Crippen LogP contribution in [-0.4, -0.2) is 30.5 Å². The van der Waals surface area contributed by atoms with Gasteiger partial charge in [-0.1, -0.05) is 0 Å². The lowest BCUT2D eigenvalue weighted by Crippen LogP contribution is -2.38. The second-order valence-electron chi connectivity index (χ2n) is 5.04. The second kappa shape index (κ2) is 6.59. The van der Waals surface area contributed by atoms with Gasteiger partial charge in [0.15, 0.2) is 0 Å². The molecule has 3 aromatic rings. The minimum atomic E-state index is -0.493. The molecule has 23 heavy (non-hydrogen) atoms. The van der Waals surface area contributed by atoms with Gasteiger partial charge in [-0.2, -0.15) is 25.3 Å². The first-order valence-corrected chi connectivity index (χ1v) is 8.07. The zero-order chi connectivity index (χ0) is 16.4. The highest BCUT2D eigenvalue weighted by atomic mass is 32.1. The van der Waals surface area contributed by atoms with Gasteiger partial charge >= 0.3 is 5.69 Å². The van der Waals surface area contributed by atoms with Crippen molar-refractivity contribution in [2.24, 2.45) is 0 Å². The van der Waals surface area contributed by atoms with E-state index in [1.165, 1.54) is 0 Å². The van der Waals surface area contributed by atoms with E-state index < -0.39 is 5.69 Å². The third-order valence-corrected chi connectivity index (χ3v) is 4.53. The van der Waals surface area contributed by atoms with Gasteiger partial charge in [-0.15, -0.1) is 0 Å². The summed E-state index contributed by atoms with van der Waals surface area (Å²) in [4.78, 5) is 35.5. The average Bonchev–Trinajstić information content (AvgIpc) is 2.59. The van der Waals surface area contributed by atoms with Crippen LogP contribution in [0.2, 0.25) is 0 Å². The van der Waals surface area contributed by atoms with Crippen LogP contribution in [0.1, 0.15) is 0 Å². The van der Waals surface area contributed by atoms with Gasteiger partial charge in [-0.3, -0.25) is 19.3 Å². The van der Waals surface area contributed by atoms with Crippen LogP contribution in [0, 0.1) is 0 Å². The molecule has 0 saturated heterocycles. The van der Waals surface area contributed by atoms with E-state index in [0.29, 0.717) is 11.1 Å². The van der Waals surface area contributed by atoms with Crippen molar-refractivity contribution in [2.45, 2.75) is 11.8 Å². The van der Waals surface area contributed by atoms with E-state index in [2.05, 4.69) is 40.2 Å². The fourth-order valence-corrected chi connectivity index (χ4v) is 2.55. The molecule has 1 atom stereocenters. The standard InChI is InChI=1S/C15H14N4O2S2/c20-14-12-5-10(9-1-3-16-4-2-9)6-17-13(12)18-15(21)19(14)7-11(23)8-22/h1-6,11,22-23H,7-8H2,(H,17,18,21)/t11-/m1/s1. The SMILES string of the molecule is O=c1[nH]c2ncc(-c3ccncc3)cc2c(=O)n1C[C@@H](S)CS. The van der Waals surface area contributed by atoms with Crippen molar-refractivity contribution in [3.63, 3.8) is 0 Å². The first-order valence-electron chi connectivity index (χ1n) is 6.92. The van der Waals surface area contributed by atoms with Crippen molar-refractivity contribution in [1.82, 2.24) is 19.5 Å². The number of hydrogen-bond donors (Lipinski definition) is 3. The largest absolute Gasteiger partial charge is 0.330 e. The van der Waals surface area contributed by atoms with E-state index in [1.54, 1.807) is 24.7 Å². The Labute approximate surface area is 142 Å². The number of fused-ring (bicyclic) bond motifs is 1. The van der Waals surface area contributed by atoms with Crippen LogP contribution in [0.15, 0.2) is 46.4 Å². The number of aromatic amines is 1. The number of nitrogens with zero attached hydrogens (tertiary/aromatic N) is 3. The fourth-order valence-electron chi connectivity index (χ4n) is 2.27. The monoisotopic (exact) mass is 346 g/mol. The Morgan fingerprint density at radius 1 is 1.22 bits per heavy atom. The zero-order valence-corrected chi connectivity index (χ0v) is 13.8. The maximum Gasteiger partial charge on any atom is 0.330 e. The van der Waals surface area contributed by atoms with Gasteiger partial charge in [0.1, 0.15) is 5.65 Å². The van der Waals surface area contributed by atoms with Crippen molar-refractivity contribution in [3.8, 4) is 11.1 Å². The predicted molar refractivity (Wildman–Crippen MR) is 96.5 cm³/mol. The highest BCUT2D eigenvalue weighted by Gasteiger charge is 2.12. The second-order valence-corrected chi connectivity index (χ2v) is 6.13. The summed E-state index contributed by atoms with van der Waals surface area (Å²) in [5, 5.41) is 0.171. The molecule has 118 valence electrons. The Balaban J connectivity index is 2.18. The number of aromatic nitrogens is 4. The van der Waals surface area contributed by atoms with Crippen molar-refractivity contribution in [3.05, 3.63) is 57.6 Å². The minimum absolute atomic E-state index is 0.189. The highest BCUT2D eigenvalue weighted by Crippen LogP contribution is 2.19. The number of hydrogen-bond acceptors (Lipinski definition) is 6. The van der Waals surface area contributed by atoms with Crippen LogP contribution >= 0.6 is 25.3 Å². The summed E-state index contributed by atoms with van der Waals surface area (Å²) in [5.74, 6) is 0.461. The Morgan fingerprint density at radius 3 is 2.65 bits per heavy atom. The summed E-state index contributed by atoms with van der Waals surface area (Å²) >= 11 is 8.43. The number of H-pyrrole nitrogens is 1.